The zero-order valence-electron chi connectivity index (χ0n) is 11.0. The molecular weight excluding hydrogens is 284 g/mol. The number of nitrogens with zero attached hydrogens (tertiary/aromatic N) is 3. The maximum absolute atomic E-state index is 11.2. The Labute approximate surface area is 118 Å². The molecule has 106 valence electrons. The summed E-state index contributed by atoms with van der Waals surface area (Å²) >= 11 is 1.51. The van der Waals surface area contributed by atoms with E-state index in [1.54, 1.807) is 6.20 Å². The molecule has 8 heteroatoms. The number of rotatable bonds is 4. The number of thioether (sulfide) groups is 1. The second-order valence-corrected chi connectivity index (χ2v) is 7.11. The van der Waals surface area contributed by atoms with Gasteiger partial charge in [-0.25, -0.2) is 23.1 Å². The van der Waals surface area contributed by atoms with Crippen molar-refractivity contribution in [3.8, 4) is 0 Å². The van der Waals surface area contributed by atoms with E-state index in [0.717, 1.165) is 36.9 Å². The third-order valence-electron chi connectivity index (χ3n) is 3.00. The summed E-state index contributed by atoms with van der Waals surface area (Å²) in [6, 6.07) is 1.93. The van der Waals surface area contributed by atoms with Crippen molar-refractivity contribution in [3.05, 3.63) is 12.3 Å². The fourth-order valence-electron chi connectivity index (χ4n) is 2.14. The van der Waals surface area contributed by atoms with Crippen LogP contribution in [-0.2, 0) is 10.0 Å². The van der Waals surface area contributed by atoms with Gasteiger partial charge in [0.15, 0.2) is 5.16 Å². The average molecular weight is 302 g/mol. The van der Waals surface area contributed by atoms with E-state index in [9.17, 15) is 8.42 Å². The predicted octanol–water partition coefficient (Wildman–Crippen LogP) is 0.716. The van der Waals surface area contributed by atoms with Gasteiger partial charge in [-0.1, -0.05) is 11.8 Å². The van der Waals surface area contributed by atoms with Gasteiger partial charge in [0.1, 0.15) is 5.82 Å². The van der Waals surface area contributed by atoms with Gasteiger partial charge < -0.3 is 4.90 Å². The van der Waals surface area contributed by atoms with Crippen LogP contribution in [0.2, 0.25) is 0 Å². The largest absolute Gasteiger partial charge is 0.356 e. The van der Waals surface area contributed by atoms with Crippen LogP contribution >= 0.6 is 11.8 Å². The Balaban J connectivity index is 1.96. The Morgan fingerprint density at radius 2 is 2.11 bits per heavy atom. The minimum Gasteiger partial charge on any atom is -0.356 e. The summed E-state index contributed by atoms with van der Waals surface area (Å²) in [7, 11) is -3.11. The maximum atomic E-state index is 11.2. The van der Waals surface area contributed by atoms with Gasteiger partial charge in [-0.05, 0) is 25.2 Å². The van der Waals surface area contributed by atoms with Gasteiger partial charge in [0.25, 0.3) is 0 Å². The van der Waals surface area contributed by atoms with E-state index in [-0.39, 0.29) is 6.04 Å². The van der Waals surface area contributed by atoms with Crippen molar-refractivity contribution in [1.29, 1.82) is 0 Å². The molecule has 1 saturated heterocycles. The normalized spacial score (nSPS) is 17.7. The van der Waals surface area contributed by atoms with Crippen LogP contribution in [-0.4, -0.2) is 50.0 Å². The lowest BCUT2D eigenvalue weighted by Gasteiger charge is -2.32. The standard InChI is InChI=1S/C11H18N4O2S2/c1-18-11-12-6-3-10(13-11)15-7-4-9(5-8-15)14-19(2,16)17/h3,6,9,14H,4-5,7-8H2,1-2H3. The molecule has 0 aliphatic carbocycles. The van der Waals surface area contributed by atoms with Crippen LogP contribution in [0.1, 0.15) is 12.8 Å². The fourth-order valence-corrected chi connectivity index (χ4v) is 3.33. The first-order valence-corrected chi connectivity index (χ1v) is 9.19. The highest BCUT2D eigenvalue weighted by Gasteiger charge is 2.22. The van der Waals surface area contributed by atoms with E-state index in [0.29, 0.717) is 0 Å². The molecule has 1 N–H and O–H groups in total. The summed E-state index contributed by atoms with van der Waals surface area (Å²) in [6.07, 6.45) is 6.50. The second-order valence-electron chi connectivity index (χ2n) is 4.55. The molecule has 0 atom stereocenters. The quantitative estimate of drug-likeness (QED) is 0.652. The second kappa shape index (κ2) is 6.06. The molecule has 1 aromatic rings. The predicted molar refractivity (Wildman–Crippen MR) is 77.0 cm³/mol. The Bertz CT molecular complexity index is 527. The van der Waals surface area contributed by atoms with Crippen LogP contribution < -0.4 is 9.62 Å². The van der Waals surface area contributed by atoms with Crippen molar-refractivity contribution in [1.82, 2.24) is 14.7 Å². The van der Waals surface area contributed by atoms with Gasteiger partial charge in [0.2, 0.25) is 10.0 Å². The van der Waals surface area contributed by atoms with Crippen molar-refractivity contribution >= 4 is 27.6 Å². The molecule has 1 aliphatic heterocycles. The van der Waals surface area contributed by atoms with E-state index >= 15 is 0 Å². The lowest BCUT2D eigenvalue weighted by Crippen LogP contribution is -2.44. The average Bonchev–Trinajstić information content (AvgIpc) is 2.38. The molecule has 0 bridgehead atoms. The number of hydrogen-bond acceptors (Lipinski definition) is 6. The molecule has 0 saturated carbocycles. The van der Waals surface area contributed by atoms with Crippen molar-refractivity contribution in [2.45, 2.75) is 24.0 Å². The topological polar surface area (TPSA) is 75.2 Å². The van der Waals surface area contributed by atoms with Gasteiger partial charge >= 0.3 is 0 Å². The molecule has 0 aromatic carbocycles. The Hall–Kier alpha value is -0.860. The number of aromatic nitrogens is 2. The molecule has 2 heterocycles. The molecule has 1 aliphatic rings. The number of hydrogen-bond donors (Lipinski definition) is 1. The first kappa shape index (κ1) is 14.5. The van der Waals surface area contributed by atoms with Gasteiger partial charge in [-0.15, -0.1) is 0 Å². The first-order valence-electron chi connectivity index (χ1n) is 6.07. The summed E-state index contributed by atoms with van der Waals surface area (Å²) in [6.45, 7) is 1.61. The highest BCUT2D eigenvalue weighted by Crippen LogP contribution is 2.19. The molecule has 1 aromatic heterocycles. The van der Waals surface area contributed by atoms with Gasteiger partial charge in [-0.3, -0.25) is 0 Å². The molecule has 0 unspecified atom stereocenters. The molecule has 0 radical (unpaired) electrons. The maximum Gasteiger partial charge on any atom is 0.208 e. The van der Waals surface area contributed by atoms with E-state index in [1.807, 2.05) is 12.3 Å². The third kappa shape index (κ3) is 4.32. The van der Waals surface area contributed by atoms with Crippen molar-refractivity contribution in [3.63, 3.8) is 0 Å². The van der Waals surface area contributed by atoms with Crippen LogP contribution in [0.4, 0.5) is 5.82 Å². The molecule has 0 amide bonds. The monoisotopic (exact) mass is 302 g/mol. The summed E-state index contributed by atoms with van der Waals surface area (Å²) in [5.74, 6) is 0.914. The van der Waals surface area contributed by atoms with E-state index in [2.05, 4.69) is 19.6 Å². The number of sulfonamides is 1. The van der Waals surface area contributed by atoms with E-state index < -0.39 is 10.0 Å². The van der Waals surface area contributed by atoms with Crippen LogP contribution in [0.5, 0.6) is 0 Å². The summed E-state index contributed by atoms with van der Waals surface area (Å²) in [5.41, 5.74) is 0. The number of piperidine rings is 1. The summed E-state index contributed by atoms with van der Waals surface area (Å²) in [5, 5.41) is 0.758. The molecular formula is C11H18N4O2S2. The summed E-state index contributed by atoms with van der Waals surface area (Å²) < 4.78 is 25.0. The van der Waals surface area contributed by atoms with Crippen molar-refractivity contribution < 1.29 is 8.42 Å². The Morgan fingerprint density at radius 3 is 2.68 bits per heavy atom. The van der Waals surface area contributed by atoms with E-state index in [1.165, 1.54) is 18.0 Å². The highest BCUT2D eigenvalue weighted by atomic mass is 32.2. The summed E-state index contributed by atoms with van der Waals surface area (Å²) in [4.78, 5) is 10.8. The molecule has 2 rings (SSSR count). The fraction of sp³-hybridized carbons (Fsp3) is 0.636. The van der Waals surface area contributed by atoms with Crippen LogP contribution in [0.15, 0.2) is 17.4 Å². The van der Waals surface area contributed by atoms with Gasteiger partial charge in [0, 0.05) is 25.3 Å². The van der Waals surface area contributed by atoms with Gasteiger partial charge in [-0.2, -0.15) is 0 Å². The minimum absolute atomic E-state index is 0.0353. The Kier molecular flexibility index (Phi) is 4.64. The number of nitrogens with one attached hydrogen (secondary N) is 1. The molecule has 0 spiro atoms. The van der Waals surface area contributed by atoms with E-state index in [4.69, 9.17) is 0 Å². The zero-order chi connectivity index (χ0) is 13.9. The minimum atomic E-state index is -3.11. The van der Waals surface area contributed by atoms with Crippen LogP contribution in [0.25, 0.3) is 0 Å². The van der Waals surface area contributed by atoms with Crippen LogP contribution in [0, 0.1) is 0 Å². The van der Waals surface area contributed by atoms with Gasteiger partial charge in [0.05, 0.1) is 6.26 Å². The zero-order valence-corrected chi connectivity index (χ0v) is 12.7. The SMILES string of the molecule is CSc1nccc(N2CCC(NS(C)(=O)=O)CC2)n1. The first-order chi connectivity index (χ1) is 8.98. The lowest BCUT2D eigenvalue weighted by molar-refractivity contribution is 0.459. The Morgan fingerprint density at radius 1 is 1.42 bits per heavy atom. The highest BCUT2D eigenvalue weighted by molar-refractivity contribution is 7.98. The van der Waals surface area contributed by atoms with Crippen molar-refractivity contribution in [2.75, 3.05) is 30.5 Å². The smallest absolute Gasteiger partial charge is 0.208 e. The lowest BCUT2D eigenvalue weighted by atomic mass is 10.1. The molecule has 6 nitrogen and oxygen atoms in total. The molecule has 19 heavy (non-hydrogen) atoms. The van der Waals surface area contributed by atoms with Crippen molar-refractivity contribution in [2.24, 2.45) is 0 Å². The van der Waals surface area contributed by atoms with Crippen LogP contribution in [0.3, 0.4) is 0 Å². The molecule has 1 fully saturated rings. The number of anilines is 1. The third-order valence-corrected chi connectivity index (χ3v) is 4.32.